The lowest BCUT2D eigenvalue weighted by Crippen LogP contribution is -2.39. The van der Waals surface area contributed by atoms with Gasteiger partial charge in [-0.2, -0.15) is 0 Å². The number of rotatable bonds is 7. The van der Waals surface area contributed by atoms with Crippen molar-refractivity contribution in [3.8, 4) is 11.5 Å². The van der Waals surface area contributed by atoms with Gasteiger partial charge in [-0.05, 0) is 45.0 Å². The molecule has 0 bridgehead atoms. The molecule has 1 aliphatic rings. The van der Waals surface area contributed by atoms with Crippen LogP contribution < -0.4 is 14.8 Å². The third-order valence-electron chi connectivity index (χ3n) is 3.64. The maximum atomic E-state index is 6.09. The molecule has 1 aliphatic heterocycles. The lowest BCUT2D eigenvalue weighted by molar-refractivity contribution is 0.0658. The molecule has 0 spiro atoms. The first-order chi connectivity index (χ1) is 10.1. The van der Waals surface area contributed by atoms with Crippen LogP contribution in [0.1, 0.15) is 45.2 Å². The highest BCUT2D eigenvalue weighted by Crippen LogP contribution is 2.41. The van der Waals surface area contributed by atoms with E-state index in [-0.39, 0.29) is 5.60 Å². The van der Waals surface area contributed by atoms with Crippen LogP contribution in [-0.2, 0) is 4.74 Å². The molecule has 0 saturated heterocycles. The number of benzene rings is 1. The molecule has 2 rings (SSSR count). The van der Waals surface area contributed by atoms with Crippen LogP contribution in [0.2, 0.25) is 0 Å². The van der Waals surface area contributed by atoms with E-state index in [0.29, 0.717) is 19.3 Å². The second-order valence-electron chi connectivity index (χ2n) is 6.11. The smallest absolute Gasteiger partial charge is 0.125 e. The summed E-state index contributed by atoms with van der Waals surface area (Å²) in [5, 5.41) is 3.62. The van der Waals surface area contributed by atoms with Gasteiger partial charge in [0.2, 0.25) is 0 Å². The summed E-state index contributed by atoms with van der Waals surface area (Å²) in [6, 6.07) is 6.38. The summed E-state index contributed by atoms with van der Waals surface area (Å²) in [4.78, 5) is 0. The van der Waals surface area contributed by atoms with Crippen LogP contribution in [0.15, 0.2) is 18.2 Å². The molecule has 1 unspecified atom stereocenters. The topological polar surface area (TPSA) is 39.7 Å². The molecule has 1 heterocycles. The Kier molecular flexibility index (Phi) is 5.48. The van der Waals surface area contributed by atoms with Crippen molar-refractivity contribution in [2.45, 2.75) is 45.3 Å². The minimum absolute atomic E-state index is 0.142. The Morgan fingerprint density at radius 3 is 2.86 bits per heavy atom. The maximum Gasteiger partial charge on any atom is 0.125 e. The van der Waals surface area contributed by atoms with Gasteiger partial charge in [0.05, 0.1) is 6.61 Å². The lowest BCUT2D eigenvalue weighted by atomic mass is 9.89. The van der Waals surface area contributed by atoms with Crippen LogP contribution in [0.4, 0.5) is 0 Å². The van der Waals surface area contributed by atoms with Crippen LogP contribution in [0.3, 0.4) is 0 Å². The molecule has 1 atom stereocenters. The van der Waals surface area contributed by atoms with Crippen molar-refractivity contribution in [2.75, 3.05) is 26.9 Å². The average molecular weight is 293 g/mol. The van der Waals surface area contributed by atoms with Crippen molar-refractivity contribution in [2.24, 2.45) is 0 Å². The first-order valence-electron chi connectivity index (χ1n) is 7.74. The summed E-state index contributed by atoms with van der Waals surface area (Å²) < 4.78 is 16.8. The van der Waals surface area contributed by atoms with E-state index < -0.39 is 0 Å². The molecule has 0 radical (unpaired) electrons. The third kappa shape index (κ3) is 4.35. The molecule has 4 nitrogen and oxygen atoms in total. The molecule has 118 valence electrons. The zero-order valence-corrected chi connectivity index (χ0v) is 13.6. The van der Waals surface area contributed by atoms with Crippen LogP contribution in [0.25, 0.3) is 0 Å². The predicted molar refractivity (Wildman–Crippen MR) is 84.2 cm³/mol. The molecular formula is C17H27NO3. The van der Waals surface area contributed by atoms with Crippen LogP contribution >= 0.6 is 0 Å². The Morgan fingerprint density at radius 2 is 2.14 bits per heavy atom. The summed E-state index contributed by atoms with van der Waals surface area (Å²) in [6.07, 6.45) is 2.08. The Balaban J connectivity index is 2.17. The first kappa shape index (κ1) is 16.1. The number of ether oxygens (including phenoxy) is 3. The fraction of sp³-hybridized carbons (Fsp3) is 0.647. The molecule has 0 amide bonds. The monoisotopic (exact) mass is 293 g/mol. The number of nitrogens with one attached hydrogen (secondary N) is 1. The van der Waals surface area contributed by atoms with Crippen molar-refractivity contribution in [1.29, 1.82) is 0 Å². The Hall–Kier alpha value is -1.26. The van der Waals surface area contributed by atoms with Gasteiger partial charge in [-0.1, -0.05) is 6.92 Å². The summed E-state index contributed by atoms with van der Waals surface area (Å²) in [5.74, 6) is 1.83. The predicted octanol–water partition coefficient (Wildman–Crippen LogP) is 3.31. The van der Waals surface area contributed by atoms with Gasteiger partial charge in [-0.25, -0.2) is 0 Å². The summed E-state index contributed by atoms with van der Waals surface area (Å²) in [5.41, 5.74) is 1.05. The van der Waals surface area contributed by atoms with Crippen molar-refractivity contribution >= 4 is 0 Å². The van der Waals surface area contributed by atoms with Gasteiger partial charge in [0.15, 0.2) is 0 Å². The Bertz CT molecular complexity index is 459. The van der Waals surface area contributed by atoms with Crippen LogP contribution in [0, 0.1) is 0 Å². The zero-order valence-electron chi connectivity index (χ0n) is 13.6. The second kappa shape index (κ2) is 7.14. The number of methoxy groups -OCH3 is 1. The standard InChI is InChI=1S/C17H27NO3/c1-5-8-18-15-12-17(2,3)21-16-7-6-13(11-14(15)16)20-10-9-19-4/h6-7,11,15,18H,5,8-10,12H2,1-4H3. The molecule has 0 aliphatic carbocycles. The molecular weight excluding hydrogens is 266 g/mol. The number of hydrogen-bond acceptors (Lipinski definition) is 4. The SMILES string of the molecule is CCCNC1CC(C)(C)Oc2ccc(OCCOC)cc21. The third-order valence-corrected chi connectivity index (χ3v) is 3.64. The van der Waals surface area contributed by atoms with Crippen molar-refractivity contribution < 1.29 is 14.2 Å². The molecule has 21 heavy (non-hydrogen) atoms. The van der Waals surface area contributed by atoms with Gasteiger partial charge in [0.1, 0.15) is 23.7 Å². The Labute approximate surface area is 127 Å². The van der Waals surface area contributed by atoms with E-state index >= 15 is 0 Å². The molecule has 4 heteroatoms. The molecule has 1 N–H and O–H groups in total. The molecule has 1 aromatic carbocycles. The fourth-order valence-corrected chi connectivity index (χ4v) is 2.67. The summed E-state index contributed by atoms with van der Waals surface area (Å²) >= 11 is 0. The zero-order chi connectivity index (χ0) is 15.3. The van der Waals surface area contributed by atoms with Crippen LogP contribution in [0.5, 0.6) is 11.5 Å². The number of fused-ring (bicyclic) bond motifs is 1. The minimum atomic E-state index is -0.142. The van der Waals surface area contributed by atoms with Gasteiger partial charge in [-0.15, -0.1) is 0 Å². The van der Waals surface area contributed by atoms with Gasteiger partial charge >= 0.3 is 0 Å². The quantitative estimate of drug-likeness (QED) is 0.783. The van der Waals surface area contributed by atoms with Crippen molar-refractivity contribution in [1.82, 2.24) is 5.32 Å². The van der Waals surface area contributed by atoms with E-state index in [1.807, 2.05) is 12.1 Å². The second-order valence-corrected chi connectivity index (χ2v) is 6.11. The summed E-state index contributed by atoms with van der Waals surface area (Å²) in [6.45, 7) is 8.63. The van der Waals surface area contributed by atoms with E-state index in [0.717, 1.165) is 30.9 Å². The van der Waals surface area contributed by atoms with E-state index in [2.05, 4.69) is 32.2 Å². The highest BCUT2D eigenvalue weighted by atomic mass is 16.5. The van der Waals surface area contributed by atoms with E-state index in [1.54, 1.807) is 7.11 Å². The van der Waals surface area contributed by atoms with Gasteiger partial charge in [0, 0.05) is 25.1 Å². The fourth-order valence-electron chi connectivity index (χ4n) is 2.67. The number of hydrogen-bond donors (Lipinski definition) is 1. The van der Waals surface area contributed by atoms with Gasteiger partial charge < -0.3 is 19.5 Å². The average Bonchev–Trinajstić information content (AvgIpc) is 2.44. The van der Waals surface area contributed by atoms with E-state index in [9.17, 15) is 0 Å². The van der Waals surface area contributed by atoms with E-state index in [1.165, 1.54) is 5.56 Å². The van der Waals surface area contributed by atoms with Crippen molar-refractivity contribution in [3.05, 3.63) is 23.8 Å². The molecule has 0 aromatic heterocycles. The molecule has 1 aromatic rings. The minimum Gasteiger partial charge on any atom is -0.491 e. The molecule has 0 fully saturated rings. The maximum absolute atomic E-state index is 6.09. The van der Waals surface area contributed by atoms with Gasteiger partial charge in [-0.3, -0.25) is 0 Å². The van der Waals surface area contributed by atoms with Crippen LogP contribution in [-0.4, -0.2) is 32.5 Å². The highest BCUT2D eigenvalue weighted by Gasteiger charge is 2.33. The normalized spacial score (nSPS) is 19.7. The largest absolute Gasteiger partial charge is 0.491 e. The lowest BCUT2D eigenvalue weighted by Gasteiger charge is -2.38. The summed E-state index contributed by atoms with van der Waals surface area (Å²) in [7, 11) is 1.68. The molecule has 0 saturated carbocycles. The Morgan fingerprint density at radius 1 is 1.33 bits per heavy atom. The van der Waals surface area contributed by atoms with E-state index in [4.69, 9.17) is 14.2 Å². The van der Waals surface area contributed by atoms with Gasteiger partial charge in [0.25, 0.3) is 0 Å². The first-order valence-corrected chi connectivity index (χ1v) is 7.74. The highest BCUT2D eigenvalue weighted by molar-refractivity contribution is 5.44. The van der Waals surface area contributed by atoms with Crippen molar-refractivity contribution in [3.63, 3.8) is 0 Å².